The average Bonchev–Trinajstić information content (AvgIpc) is 2.88. The number of rotatable bonds is 6. The number of pyridine rings is 1. The van der Waals surface area contributed by atoms with Crippen molar-refractivity contribution >= 4 is 5.91 Å². The molecule has 0 bridgehead atoms. The van der Waals surface area contributed by atoms with Crippen molar-refractivity contribution in [1.29, 1.82) is 0 Å². The molecule has 0 atom stereocenters. The number of hydrogen-bond donors (Lipinski definition) is 2. The van der Waals surface area contributed by atoms with E-state index in [4.69, 9.17) is 0 Å². The molecule has 2 N–H and O–H groups in total. The van der Waals surface area contributed by atoms with Crippen LogP contribution in [0.15, 0.2) is 24.5 Å². The summed E-state index contributed by atoms with van der Waals surface area (Å²) in [5.74, 6) is -0.128. The number of nitrogens with one attached hydrogen (secondary N) is 1. The highest BCUT2D eigenvalue weighted by atomic mass is 16.3. The van der Waals surface area contributed by atoms with E-state index in [0.717, 1.165) is 12.0 Å². The highest BCUT2D eigenvalue weighted by Crippen LogP contribution is 2.21. The average molecular weight is 275 g/mol. The number of carbonyl (C=O) groups is 1. The second-order valence-corrected chi connectivity index (χ2v) is 4.29. The van der Waals surface area contributed by atoms with Crippen LogP contribution in [0.2, 0.25) is 0 Å². The predicted octanol–water partition coefficient (Wildman–Crippen LogP) is 0.359. The van der Waals surface area contributed by atoms with Crippen LogP contribution in [0, 0.1) is 0 Å². The molecule has 0 aliphatic carbocycles. The lowest BCUT2D eigenvalue weighted by Gasteiger charge is -2.08. The SMILES string of the molecule is CCCNC(=O)Cn1nnc(CO)c1-c1ccncc1. The molecule has 106 valence electrons. The Morgan fingerprint density at radius 3 is 2.80 bits per heavy atom. The maximum absolute atomic E-state index is 11.8. The smallest absolute Gasteiger partial charge is 0.241 e. The Hall–Kier alpha value is -2.28. The summed E-state index contributed by atoms with van der Waals surface area (Å²) >= 11 is 0. The highest BCUT2D eigenvalue weighted by Gasteiger charge is 2.16. The topological polar surface area (TPSA) is 92.9 Å². The molecule has 0 fully saturated rings. The fourth-order valence-electron chi connectivity index (χ4n) is 1.85. The summed E-state index contributed by atoms with van der Waals surface area (Å²) in [6.45, 7) is 2.46. The van der Waals surface area contributed by atoms with Crippen LogP contribution in [0.3, 0.4) is 0 Å². The van der Waals surface area contributed by atoms with Gasteiger partial charge in [-0.05, 0) is 18.6 Å². The Labute approximate surface area is 116 Å². The molecule has 0 aliphatic heterocycles. The Kier molecular flexibility index (Phi) is 4.78. The van der Waals surface area contributed by atoms with Gasteiger partial charge in [0.1, 0.15) is 12.2 Å². The van der Waals surface area contributed by atoms with Gasteiger partial charge in [-0.3, -0.25) is 9.78 Å². The van der Waals surface area contributed by atoms with Crippen molar-refractivity contribution in [3.05, 3.63) is 30.2 Å². The number of aliphatic hydroxyl groups is 1. The van der Waals surface area contributed by atoms with Crippen molar-refractivity contribution in [1.82, 2.24) is 25.3 Å². The van der Waals surface area contributed by atoms with Crippen molar-refractivity contribution in [3.8, 4) is 11.3 Å². The molecule has 0 spiro atoms. The normalized spacial score (nSPS) is 10.5. The molecule has 0 aromatic carbocycles. The van der Waals surface area contributed by atoms with Crippen LogP contribution in [0.1, 0.15) is 19.0 Å². The molecule has 2 aromatic rings. The third-order valence-corrected chi connectivity index (χ3v) is 2.77. The fraction of sp³-hybridized carbons (Fsp3) is 0.385. The third kappa shape index (κ3) is 3.18. The van der Waals surface area contributed by atoms with Gasteiger partial charge in [0.05, 0.1) is 12.3 Å². The number of aromatic nitrogens is 4. The lowest BCUT2D eigenvalue weighted by molar-refractivity contribution is -0.121. The first kappa shape index (κ1) is 14.1. The lowest BCUT2D eigenvalue weighted by atomic mass is 10.1. The van der Waals surface area contributed by atoms with Crippen molar-refractivity contribution in [2.75, 3.05) is 6.54 Å². The van der Waals surface area contributed by atoms with E-state index in [2.05, 4.69) is 20.6 Å². The molecule has 2 aromatic heterocycles. The number of nitrogens with zero attached hydrogens (tertiary/aromatic N) is 4. The van der Waals surface area contributed by atoms with Crippen molar-refractivity contribution < 1.29 is 9.90 Å². The molecule has 0 saturated heterocycles. The Morgan fingerprint density at radius 2 is 2.15 bits per heavy atom. The van der Waals surface area contributed by atoms with Crippen molar-refractivity contribution in [3.63, 3.8) is 0 Å². The predicted molar refractivity (Wildman–Crippen MR) is 72.5 cm³/mol. The van der Waals surface area contributed by atoms with Crippen LogP contribution in [0.25, 0.3) is 11.3 Å². The lowest BCUT2D eigenvalue weighted by Crippen LogP contribution is -2.28. The first-order chi connectivity index (χ1) is 9.76. The van der Waals surface area contributed by atoms with E-state index < -0.39 is 0 Å². The number of amides is 1. The number of hydrogen-bond acceptors (Lipinski definition) is 5. The van der Waals surface area contributed by atoms with E-state index in [0.29, 0.717) is 17.9 Å². The Balaban J connectivity index is 2.26. The zero-order chi connectivity index (χ0) is 14.4. The zero-order valence-corrected chi connectivity index (χ0v) is 11.3. The maximum Gasteiger partial charge on any atom is 0.241 e. The molecule has 0 aliphatic rings. The molecule has 0 saturated carbocycles. The molecule has 0 radical (unpaired) electrons. The molecular weight excluding hydrogens is 258 g/mol. The van der Waals surface area contributed by atoms with E-state index in [1.165, 1.54) is 4.68 Å². The van der Waals surface area contributed by atoms with E-state index >= 15 is 0 Å². The number of carbonyl (C=O) groups excluding carboxylic acids is 1. The van der Waals surface area contributed by atoms with Gasteiger partial charge in [-0.2, -0.15) is 0 Å². The summed E-state index contributed by atoms with van der Waals surface area (Å²) in [5.41, 5.74) is 1.90. The minimum Gasteiger partial charge on any atom is -0.390 e. The maximum atomic E-state index is 11.8. The summed E-state index contributed by atoms with van der Waals surface area (Å²) < 4.78 is 1.49. The van der Waals surface area contributed by atoms with Crippen molar-refractivity contribution in [2.45, 2.75) is 26.5 Å². The fourth-order valence-corrected chi connectivity index (χ4v) is 1.85. The number of aliphatic hydroxyl groups excluding tert-OH is 1. The molecule has 7 nitrogen and oxygen atoms in total. The molecule has 7 heteroatoms. The van der Waals surface area contributed by atoms with Gasteiger partial charge in [0.15, 0.2) is 0 Å². The van der Waals surface area contributed by atoms with Gasteiger partial charge < -0.3 is 10.4 Å². The minimum atomic E-state index is -0.228. The van der Waals surface area contributed by atoms with Crippen LogP contribution < -0.4 is 5.32 Å². The van der Waals surface area contributed by atoms with Gasteiger partial charge in [0, 0.05) is 24.5 Å². The van der Waals surface area contributed by atoms with Crippen LogP contribution in [0.5, 0.6) is 0 Å². The Morgan fingerprint density at radius 1 is 1.40 bits per heavy atom. The zero-order valence-electron chi connectivity index (χ0n) is 11.3. The standard InChI is InChI=1S/C13H17N5O2/c1-2-5-15-12(20)8-18-13(11(9-19)16-17-18)10-3-6-14-7-4-10/h3-4,6-7,19H,2,5,8-9H2,1H3,(H,15,20). The first-order valence-electron chi connectivity index (χ1n) is 6.46. The molecule has 20 heavy (non-hydrogen) atoms. The van der Waals surface area contributed by atoms with Crippen LogP contribution in [0.4, 0.5) is 0 Å². The summed E-state index contributed by atoms with van der Waals surface area (Å²) in [7, 11) is 0. The Bertz CT molecular complexity index is 567. The highest BCUT2D eigenvalue weighted by molar-refractivity contribution is 5.76. The van der Waals surface area contributed by atoms with Crippen molar-refractivity contribution in [2.24, 2.45) is 0 Å². The van der Waals surface area contributed by atoms with Gasteiger partial charge >= 0.3 is 0 Å². The molecule has 1 amide bonds. The summed E-state index contributed by atoms with van der Waals surface area (Å²) in [6.07, 6.45) is 4.16. The molecule has 0 unspecified atom stereocenters. The summed E-state index contributed by atoms with van der Waals surface area (Å²) in [4.78, 5) is 15.7. The van der Waals surface area contributed by atoms with E-state index in [9.17, 15) is 9.90 Å². The van der Waals surface area contributed by atoms with Crippen LogP contribution in [-0.2, 0) is 17.9 Å². The van der Waals surface area contributed by atoms with Gasteiger partial charge in [-0.1, -0.05) is 12.1 Å². The van der Waals surface area contributed by atoms with Crippen LogP contribution >= 0.6 is 0 Å². The van der Waals surface area contributed by atoms with Gasteiger partial charge in [0.2, 0.25) is 5.91 Å². The quantitative estimate of drug-likeness (QED) is 0.794. The second kappa shape index (κ2) is 6.76. The van der Waals surface area contributed by atoms with E-state index in [-0.39, 0.29) is 19.1 Å². The first-order valence-corrected chi connectivity index (χ1v) is 6.46. The second-order valence-electron chi connectivity index (χ2n) is 4.29. The van der Waals surface area contributed by atoms with E-state index in [1.807, 2.05) is 6.92 Å². The van der Waals surface area contributed by atoms with Crippen LogP contribution in [-0.4, -0.2) is 37.5 Å². The monoisotopic (exact) mass is 275 g/mol. The molecule has 2 rings (SSSR count). The van der Waals surface area contributed by atoms with Gasteiger partial charge in [-0.25, -0.2) is 4.68 Å². The summed E-state index contributed by atoms with van der Waals surface area (Å²) in [5, 5.41) is 20.0. The minimum absolute atomic E-state index is 0.0741. The van der Waals surface area contributed by atoms with E-state index in [1.54, 1.807) is 24.5 Å². The largest absolute Gasteiger partial charge is 0.390 e. The van der Waals surface area contributed by atoms with Gasteiger partial charge in [-0.15, -0.1) is 5.10 Å². The third-order valence-electron chi connectivity index (χ3n) is 2.77. The molecule has 2 heterocycles. The summed E-state index contributed by atoms with van der Waals surface area (Å²) in [6, 6.07) is 3.58. The van der Waals surface area contributed by atoms with Gasteiger partial charge in [0.25, 0.3) is 0 Å². The molecular formula is C13H17N5O2.